The van der Waals surface area contributed by atoms with Crippen LogP contribution in [0.2, 0.25) is 5.02 Å². The SMILES string of the molecule is Cn1c(NC(=O)Nc2cccc(Cl)c2)nc(O)c1OC(C)(C)C. The topological polar surface area (TPSA) is 88.4 Å². The molecule has 0 aliphatic carbocycles. The van der Waals surface area contributed by atoms with Crippen LogP contribution in [-0.4, -0.2) is 26.3 Å². The summed E-state index contributed by atoms with van der Waals surface area (Å²) in [5, 5.41) is 15.5. The number of carbonyl (C=O) groups excluding carboxylic acids is 1. The largest absolute Gasteiger partial charge is 0.489 e. The number of imidazole rings is 1. The molecule has 0 saturated carbocycles. The van der Waals surface area contributed by atoms with Crippen molar-refractivity contribution in [3.63, 3.8) is 0 Å². The number of nitrogens with one attached hydrogen (secondary N) is 2. The number of hydrogen-bond acceptors (Lipinski definition) is 4. The Bertz CT molecular complexity index is 722. The minimum absolute atomic E-state index is 0.154. The van der Waals surface area contributed by atoms with Crippen LogP contribution in [0.1, 0.15) is 20.8 Å². The number of anilines is 2. The maximum atomic E-state index is 12.0. The van der Waals surface area contributed by atoms with Crippen molar-refractivity contribution < 1.29 is 14.6 Å². The quantitative estimate of drug-likeness (QED) is 0.797. The van der Waals surface area contributed by atoms with Crippen LogP contribution in [0.3, 0.4) is 0 Å². The van der Waals surface area contributed by atoms with Crippen molar-refractivity contribution in [2.75, 3.05) is 10.6 Å². The Kier molecular flexibility index (Phi) is 4.70. The van der Waals surface area contributed by atoms with Gasteiger partial charge in [-0.1, -0.05) is 17.7 Å². The molecule has 0 aliphatic heterocycles. The summed E-state index contributed by atoms with van der Waals surface area (Å²) in [5.74, 6) is 0.0392. The minimum atomic E-state index is -0.511. The lowest BCUT2D eigenvalue weighted by Gasteiger charge is -2.21. The summed E-state index contributed by atoms with van der Waals surface area (Å²) in [5.41, 5.74) is 0.0329. The van der Waals surface area contributed by atoms with Gasteiger partial charge in [-0.3, -0.25) is 9.88 Å². The highest BCUT2D eigenvalue weighted by atomic mass is 35.5. The van der Waals surface area contributed by atoms with Gasteiger partial charge in [0.2, 0.25) is 5.95 Å². The number of carbonyl (C=O) groups is 1. The molecule has 0 radical (unpaired) electrons. The number of halogens is 1. The zero-order valence-electron chi connectivity index (χ0n) is 13.3. The Hall–Kier alpha value is -2.41. The van der Waals surface area contributed by atoms with Gasteiger partial charge in [0.05, 0.1) is 0 Å². The number of benzene rings is 1. The molecule has 2 aromatic rings. The van der Waals surface area contributed by atoms with E-state index in [1.807, 2.05) is 20.8 Å². The van der Waals surface area contributed by atoms with Gasteiger partial charge in [-0.25, -0.2) is 4.79 Å². The molecule has 0 saturated heterocycles. The van der Waals surface area contributed by atoms with E-state index in [0.717, 1.165) is 0 Å². The first-order valence-electron chi connectivity index (χ1n) is 6.94. The minimum Gasteiger partial charge on any atom is -0.489 e. The number of rotatable bonds is 3. The molecule has 3 N–H and O–H groups in total. The van der Waals surface area contributed by atoms with Gasteiger partial charge in [0.25, 0.3) is 11.8 Å². The van der Waals surface area contributed by atoms with Gasteiger partial charge in [0, 0.05) is 17.8 Å². The molecule has 1 heterocycles. The van der Waals surface area contributed by atoms with Crippen molar-refractivity contribution in [3.05, 3.63) is 29.3 Å². The maximum absolute atomic E-state index is 12.0. The van der Waals surface area contributed by atoms with Crippen LogP contribution in [0.4, 0.5) is 16.4 Å². The summed E-state index contributed by atoms with van der Waals surface area (Å²) >= 11 is 5.86. The van der Waals surface area contributed by atoms with Gasteiger partial charge in [0.1, 0.15) is 5.60 Å². The van der Waals surface area contributed by atoms with Crippen LogP contribution < -0.4 is 15.4 Å². The standard InChI is InChI=1S/C15H19ClN4O3/c1-15(2,3)23-12-11(21)18-13(20(12)4)19-14(22)17-10-7-5-6-9(16)8-10/h5-8,21H,1-4H3,(H2,17,18,19,22). The normalized spacial score (nSPS) is 11.2. The summed E-state index contributed by atoms with van der Waals surface area (Å²) in [7, 11) is 1.63. The van der Waals surface area contributed by atoms with Crippen LogP contribution in [0.25, 0.3) is 0 Å². The molecule has 1 aromatic heterocycles. The molecule has 2 amide bonds. The smallest absolute Gasteiger partial charge is 0.326 e. The second-order valence-corrected chi connectivity index (χ2v) is 6.36. The number of ether oxygens (including phenoxy) is 1. The Labute approximate surface area is 139 Å². The van der Waals surface area contributed by atoms with E-state index in [-0.39, 0.29) is 17.7 Å². The van der Waals surface area contributed by atoms with E-state index in [1.54, 1.807) is 31.3 Å². The van der Waals surface area contributed by atoms with Crippen LogP contribution in [0.15, 0.2) is 24.3 Å². The van der Waals surface area contributed by atoms with Crippen LogP contribution in [0.5, 0.6) is 11.8 Å². The number of aromatic nitrogens is 2. The number of nitrogens with zero attached hydrogens (tertiary/aromatic N) is 2. The predicted octanol–water partition coefficient (Wildman–Crippen LogP) is 3.60. The highest BCUT2D eigenvalue weighted by molar-refractivity contribution is 6.30. The Morgan fingerprint density at radius 3 is 2.65 bits per heavy atom. The summed E-state index contributed by atoms with van der Waals surface area (Å²) < 4.78 is 7.08. The fourth-order valence-corrected chi connectivity index (χ4v) is 2.01. The summed E-state index contributed by atoms with van der Waals surface area (Å²) in [6.45, 7) is 5.54. The third-order valence-electron chi connectivity index (χ3n) is 2.74. The molecular weight excluding hydrogens is 320 g/mol. The molecule has 2 rings (SSSR count). The van der Waals surface area contributed by atoms with Crippen LogP contribution >= 0.6 is 11.6 Å². The molecule has 8 heteroatoms. The van der Waals surface area contributed by atoms with E-state index in [4.69, 9.17) is 16.3 Å². The van der Waals surface area contributed by atoms with Gasteiger partial charge >= 0.3 is 6.03 Å². The zero-order valence-corrected chi connectivity index (χ0v) is 14.1. The Morgan fingerprint density at radius 1 is 1.35 bits per heavy atom. The lowest BCUT2D eigenvalue weighted by Crippen LogP contribution is -2.25. The average Bonchev–Trinajstić information content (AvgIpc) is 2.65. The van der Waals surface area contributed by atoms with Gasteiger partial charge in [-0.2, -0.15) is 4.98 Å². The molecule has 23 heavy (non-hydrogen) atoms. The Balaban J connectivity index is 2.11. The average molecular weight is 339 g/mol. The molecule has 124 valence electrons. The second-order valence-electron chi connectivity index (χ2n) is 5.93. The van der Waals surface area contributed by atoms with E-state index in [9.17, 15) is 9.90 Å². The molecule has 0 unspecified atom stereocenters. The van der Waals surface area contributed by atoms with E-state index < -0.39 is 11.6 Å². The third-order valence-corrected chi connectivity index (χ3v) is 2.97. The maximum Gasteiger partial charge on any atom is 0.326 e. The second kappa shape index (κ2) is 6.37. The van der Waals surface area contributed by atoms with Crippen LogP contribution in [0, 0.1) is 0 Å². The fourth-order valence-electron chi connectivity index (χ4n) is 1.82. The van der Waals surface area contributed by atoms with E-state index in [1.165, 1.54) is 4.57 Å². The van der Waals surface area contributed by atoms with Gasteiger partial charge < -0.3 is 15.2 Å². The molecular formula is C15H19ClN4O3. The summed E-state index contributed by atoms with van der Waals surface area (Å²) in [6, 6.07) is 6.24. The fraction of sp³-hybridized carbons (Fsp3) is 0.333. The molecule has 1 aromatic carbocycles. The van der Waals surface area contributed by atoms with Crippen molar-refractivity contribution in [3.8, 4) is 11.8 Å². The van der Waals surface area contributed by atoms with Crippen molar-refractivity contribution in [2.24, 2.45) is 7.05 Å². The molecule has 0 bridgehead atoms. The van der Waals surface area contributed by atoms with Crippen molar-refractivity contribution in [2.45, 2.75) is 26.4 Å². The predicted molar refractivity (Wildman–Crippen MR) is 89.3 cm³/mol. The van der Waals surface area contributed by atoms with Crippen molar-refractivity contribution in [1.82, 2.24) is 9.55 Å². The molecule has 0 atom stereocenters. The van der Waals surface area contributed by atoms with Gasteiger partial charge in [-0.05, 0) is 39.0 Å². The lowest BCUT2D eigenvalue weighted by atomic mass is 10.2. The third kappa shape index (κ3) is 4.53. The first kappa shape index (κ1) is 17.0. The Morgan fingerprint density at radius 2 is 2.04 bits per heavy atom. The van der Waals surface area contributed by atoms with Gasteiger partial charge in [-0.15, -0.1) is 0 Å². The highest BCUT2D eigenvalue weighted by Gasteiger charge is 2.22. The molecule has 0 spiro atoms. The summed E-state index contributed by atoms with van der Waals surface area (Å²) in [6.07, 6.45) is 0. The zero-order chi connectivity index (χ0) is 17.2. The number of hydrogen-bond donors (Lipinski definition) is 3. The first-order valence-corrected chi connectivity index (χ1v) is 7.32. The lowest BCUT2D eigenvalue weighted by molar-refractivity contribution is 0.114. The molecule has 7 nitrogen and oxygen atoms in total. The monoisotopic (exact) mass is 338 g/mol. The van der Waals surface area contributed by atoms with Crippen LogP contribution in [-0.2, 0) is 7.05 Å². The first-order chi connectivity index (χ1) is 10.7. The molecule has 0 fully saturated rings. The number of amides is 2. The number of aromatic hydroxyl groups is 1. The van der Waals surface area contributed by atoms with Crippen molar-refractivity contribution >= 4 is 29.3 Å². The molecule has 0 aliphatic rings. The number of urea groups is 1. The van der Waals surface area contributed by atoms with E-state index in [0.29, 0.717) is 10.7 Å². The highest BCUT2D eigenvalue weighted by Crippen LogP contribution is 2.31. The van der Waals surface area contributed by atoms with E-state index >= 15 is 0 Å². The van der Waals surface area contributed by atoms with Crippen molar-refractivity contribution in [1.29, 1.82) is 0 Å². The van der Waals surface area contributed by atoms with E-state index in [2.05, 4.69) is 15.6 Å². The van der Waals surface area contributed by atoms with Gasteiger partial charge in [0.15, 0.2) is 0 Å². The summed E-state index contributed by atoms with van der Waals surface area (Å²) in [4.78, 5) is 15.9.